The third-order valence-electron chi connectivity index (χ3n) is 3.92. The van der Waals surface area contributed by atoms with Gasteiger partial charge in [0.25, 0.3) is 0 Å². The Kier molecular flexibility index (Phi) is 7.09. The fraction of sp³-hybridized carbons (Fsp3) is 0.444. The molecular formula is C18H21F4N3O2. The number of rotatable bonds is 8. The molecule has 9 heteroatoms. The highest BCUT2D eigenvalue weighted by Gasteiger charge is 2.33. The van der Waals surface area contributed by atoms with E-state index in [1.165, 1.54) is 6.07 Å². The van der Waals surface area contributed by atoms with Crippen molar-refractivity contribution in [3.63, 3.8) is 0 Å². The first-order valence-electron chi connectivity index (χ1n) is 8.48. The van der Waals surface area contributed by atoms with Gasteiger partial charge in [-0.15, -0.1) is 10.2 Å². The van der Waals surface area contributed by atoms with Gasteiger partial charge in [-0.2, -0.15) is 13.2 Å². The Labute approximate surface area is 154 Å². The molecular weight excluding hydrogens is 366 g/mol. The summed E-state index contributed by atoms with van der Waals surface area (Å²) in [5.74, 6) is -0.956. The number of ether oxygens (including phenoxy) is 1. The summed E-state index contributed by atoms with van der Waals surface area (Å²) in [6.45, 7) is 1.68. The van der Waals surface area contributed by atoms with Crippen LogP contribution in [0.4, 0.5) is 23.4 Å². The van der Waals surface area contributed by atoms with Crippen molar-refractivity contribution >= 4 is 5.82 Å². The number of aliphatic hydroxyl groups is 1. The number of hydrogen-bond donors (Lipinski definition) is 2. The van der Waals surface area contributed by atoms with Crippen LogP contribution in [-0.2, 0) is 23.9 Å². The molecule has 0 saturated heterocycles. The van der Waals surface area contributed by atoms with Gasteiger partial charge >= 0.3 is 6.18 Å². The van der Waals surface area contributed by atoms with Gasteiger partial charge in [0, 0.05) is 11.1 Å². The number of unbranched alkanes of at least 4 members (excludes halogenated alkanes) is 1. The maximum atomic E-state index is 14.7. The van der Waals surface area contributed by atoms with Crippen LogP contribution in [0.25, 0.3) is 11.3 Å². The number of nitrogens with zero attached hydrogens (tertiary/aromatic N) is 2. The van der Waals surface area contributed by atoms with Crippen LogP contribution in [0.15, 0.2) is 18.2 Å². The van der Waals surface area contributed by atoms with Crippen LogP contribution in [0, 0.1) is 5.82 Å². The number of benzene rings is 1. The molecule has 2 rings (SSSR count). The number of halogens is 4. The molecule has 0 amide bonds. The summed E-state index contributed by atoms with van der Waals surface area (Å²) >= 11 is 0. The maximum Gasteiger partial charge on any atom is 0.416 e. The van der Waals surface area contributed by atoms with Crippen LogP contribution in [0.5, 0.6) is 0 Å². The Morgan fingerprint density at radius 2 is 1.89 bits per heavy atom. The van der Waals surface area contributed by atoms with Gasteiger partial charge in [0.1, 0.15) is 17.3 Å². The van der Waals surface area contributed by atoms with Crippen molar-refractivity contribution in [3.8, 4) is 11.3 Å². The third-order valence-corrected chi connectivity index (χ3v) is 3.92. The van der Waals surface area contributed by atoms with E-state index in [2.05, 4.69) is 10.2 Å². The van der Waals surface area contributed by atoms with Crippen molar-refractivity contribution in [2.45, 2.75) is 39.0 Å². The second kappa shape index (κ2) is 9.09. The van der Waals surface area contributed by atoms with Crippen molar-refractivity contribution < 1.29 is 27.4 Å². The lowest BCUT2D eigenvalue weighted by molar-refractivity contribution is -0.137. The normalized spacial score (nSPS) is 11.8. The molecule has 0 aliphatic rings. The molecule has 1 aromatic heterocycles. The molecule has 0 unspecified atom stereocenters. The predicted octanol–water partition coefficient (Wildman–Crippen LogP) is 3.74. The Morgan fingerprint density at radius 1 is 1.15 bits per heavy atom. The van der Waals surface area contributed by atoms with E-state index < -0.39 is 17.6 Å². The standard InChI is InChI=1S/C18H21F4N3O2/c1-2-3-4-11-7-13(18(20,21)22)9-14(19)16(11)17-12(10-27-6-5-26)8-15(23)24-25-17/h7-9,26H,2-6,10H2,1H3,(H2,23,24). The highest BCUT2D eigenvalue weighted by Crippen LogP contribution is 2.36. The summed E-state index contributed by atoms with van der Waals surface area (Å²) in [5.41, 5.74) is 5.21. The zero-order valence-corrected chi connectivity index (χ0v) is 14.8. The molecule has 1 aromatic carbocycles. The molecule has 2 aromatic rings. The van der Waals surface area contributed by atoms with Crippen molar-refractivity contribution in [1.29, 1.82) is 0 Å². The van der Waals surface area contributed by atoms with E-state index in [0.717, 1.165) is 12.5 Å². The Hall–Kier alpha value is -2.26. The van der Waals surface area contributed by atoms with Gasteiger partial charge < -0.3 is 15.6 Å². The zero-order valence-electron chi connectivity index (χ0n) is 14.8. The largest absolute Gasteiger partial charge is 0.416 e. The minimum atomic E-state index is -4.65. The lowest BCUT2D eigenvalue weighted by Crippen LogP contribution is -2.10. The first-order valence-corrected chi connectivity index (χ1v) is 8.48. The molecule has 1 heterocycles. The molecule has 27 heavy (non-hydrogen) atoms. The average molecular weight is 387 g/mol. The number of nitrogens with two attached hydrogens (primary N) is 1. The molecule has 3 N–H and O–H groups in total. The van der Waals surface area contributed by atoms with Crippen LogP contribution in [0.1, 0.15) is 36.5 Å². The SMILES string of the molecule is CCCCc1cc(C(F)(F)F)cc(F)c1-c1nnc(N)cc1COCCO. The quantitative estimate of drug-likeness (QED) is 0.533. The molecule has 0 aliphatic carbocycles. The maximum absolute atomic E-state index is 14.7. The number of aryl methyl sites for hydroxylation is 1. The highest BCUT2D eigenvalue weighted by molar-refractivity contribution is 5.69. The minimum absolute atomic E-state index is 0.0356. The van der Waals surface area contributed by atoms with E-state index in [1.54, 1.807) is 0 Å². The predicted molar refractivity (Wildman–Crippen MR) is 92.2 cm³/mol. The fourth-order valence-corrected chi connectivity index (χ4v) is 2.67. The van der Waals surface area contributed by atoms with Gasteiger partial charge in [-0.1, -0.05) is 13.3 Å². The number of aliphatic hydroxyl groups excluding tert-OH is 1. The lowest BCUT2D eigenvalue weighted by Gasteiger charge is -2.16. The Bertz CT molecular complexity index is 782. The van der Waals surface area contributed by atoms with Crippen LogP contribution in [0.3, 0.4) is 0 Å². The average Bonchev–Trinajstić information content (AvgIpc) is 2.60. The lowest BCUT2D eigenvalue weighted by atomic mass is 9.94. The molecule has 0 fully saturated rings. The van der Waals surface area contributed by atoms with E-state index >= 15 is 0 Å². The summed E-state index contributed by atoms with van der Waals surface area (Å²) in [6.07, 6.45) is -3.07. The van der Waals surface area contributed by atoms with Gasteiger partial charge in [-0.25, -0.2) is 4.39 Å². The van der Waals surface area contributed by atoms with Gasteiger partial charge in [-0.05, 0) is 36.6 Å². The summed E-state index contributed by atoms with van der Waals surface area (Å²) in [5, 5.41) is 16.5. The van der Waals surface area contributed by atoms with Crippen molar-refractivity contribution in [3.05, 3.63) is 40.7 Å². The van der Waals surface area contributed by atoms with E-state index in [-0.39, 0.29) is 48.9 Å². The van der Waals surface area contributed by atoms with Gasteiger partial charge in [-0.3, -0.25) is 0 Å². The highest BCUT2D eigenvalue weighted by atomic mass is 19.4. The van der Waals surface area contributed by atoms with Crippen molar-refractivity contribution in [1.82, 2.24) is 10.2 Å². The van der Waals surface area contributed by atoms with Gasteiger partial charge in [0.15, 0.2) is 0 Å². The fourth-order valence-electron chi connectivity index (χ4n) is 2.67. The van der Waals surface area contributed by atoms with E-state index in [4.69, 9.17) is 15.6 Å². The number of nitrogen functional groups attached to an aromatic ring is 1. The molecule has 5 nitrogen and oxygen atoms in total. The summed E-state index contributed by atoms with van der Waals surface area (Å²) in [6, 6.07) is 2.84. The zero-order chi connectivity index (χ0) is 20.0. The first kappa shape index (κ1) is 21.0. The Morgan fingerprint density at radius 3 is 2.52 bits per heavy atom. The van der Waals surface area contributed by atoms with E-state index in [1.807, 2.05) is 6.92 Å². The molecule has 0 aliphatic heterocycles. The number of hydrogen-bond acceptors (Lipinski definition) is 5. The summed E-state index contributed by atoms with van der Waals surface area (Å²) in [7, 11) is 0. The number of aromatic nitrogens is 2. The Balaban J connectivity index is 2.59. The van der Waals surface area contributed by atoms with Gasteiger partial charge in [0.05, 0.1) is 25.4 Å². The minimum Gasteiger partial charge on any atom is -0.394 e. The number of alkyl halides is 3. The van der Waals surface area contributed by atoms with Crippen molar-refractivity contribution in [2.24, 2.45) is 0 Å². The molecule has 0 atom stereocenters. The van der Waals surface area contributed by atoms with Crippen LogP contribution in [0.2, 0.25) is 0 Å². The molecule has 0 saturated carbocycles. The van der Waals surface area contributed by atoms with Crippen LogP contribution < -0.4 is 5.73 Å². The van der Waals surface area contributed by atoms with E-state index in [0.29, 0.717) is 18.1 Å². The molecule has 0 radical (unpaired) electrons. The smallest absolute Gasteiger partial charge is 0.394 e. The third kappa shape index (κ3) is 5.36. The second-order valence-corrected chi connectivity index (χ2v) is 6.01. The molecule has 0 bridgehead atoms. The van der Waals surface area contributed by atoms with Gasteiger partial charge in [0.2, 0.25) is 0 Å². The monoisotopic (exact) mass is 387 g/mol. The number of anilines is 1. The summed E-state index contributed by atoms with van der Waals surface area (Å²) in [4.78, 5) is 0. The summed E-state index contributed by atoms with van der Waals surface area (Å²) < 4.78 is 59.3. The van der Waals surface area contributed by atoms with Crippen LogP contribution >= 0.6 is 0 Å². The van der Waals surface area contributed by atoms with Crippen molar-refractivity contribution in [2.75, 3.05) is 18.9 Å². The molecule has 148 valence electrons. The van der Waals surface area contributed by atoms with Crippen LogP contribution in [-0.4, -0.2) is 28.5 Å². The van der Waals surface area contributed by atoms with E-state index in [9.17, 15) is 17.6 Å². The first-order chi connectivity index (χ1) is 12.8. The topological polar surface area (TPSA) is 81.3 Å². The molecule has 0 spiro atoms. The second-order valence-electron chi connectivity index (χ2n) is 6.01.